The Balaban J connectivity index is 3.39. The minimum absolute atomic E-state index is 0.149. The summed E-state index contributed by atoms with van der Waals surface area (Å²) in [7, 11) is -1.12. The summed E-state index contributed by atoms with van der Waals surface area (Å²) in [6.45, 7) is 0. The number of anilines is 1. The number of hydrogen-bond acceptors (Lipinski definition) is 4. The molecule has 1 aromatic rings. The molecule has 0 unspecified atom stereocenters. The lowest BCUT2D eigenvalue weighted by Crippen LogP contribution is -2.12. The van der Waals surface area contributed by atoms with Crippen LogP contribution in [0.4, 0.5) is 5.69 Å². The number of carboxylic acids is 1. The van der Waals surface area contributed by atoms with Gasteiger partial charge in [0.2, 0.25) is 0 Å². The van der Waals surface area contributed by atoms with Crippen LogP contribution in [0.1, 0.15) is 5.56 Å². The largest absolute Gasteiger partial charge is 0.495 e. The van der Waals surface area contributed by atoms with E-state index in [1.54, 1.807) is 24.6 Å². The molecule has 0 bridgehead atoms. The second-order valence-electron chi connectivity index (χ2n) is 4.15. The van der Waals surface area contributed by atoms with Gasteiger partial charge in [-0.05, 0) is 30.2 Å². The van der Waals surface area contributed by atoms with E-state index in [2.05, 4.69) is 0 Å². The van der Waals surface area contributed by atoms with Gasteiger partial charge in [-0.3, -0.25) is 9.00 Å². The van der Waals surface area contributed by atoms with Crippen molar-refractivity contribution in [2.75, 3.05) is 25.4 Å². The molecule has 0 saturated carbocycles. The van der Waals surface area contributed by atoms with Gasteiger partial charge < -0.3 is 15.6 Å². The molecule has 0 spiro atoms. The average molecular weight is 259 g/mol. The molecule has 3 N–H and O–H groups in total. The highest BCUT2D eigenvalue weighted by Gasteiger charge is 2.16. The minimum Gasteiger partial charge on any atom is -0.495 e. The second-order valence-corrected chi connectivity index (χ2v) is 7.34. The van der Waals surface area contributed by atoms with Crippen LogP contribution < -0.4 is 10.5 Å². The molecule has 0 fully saturated rings. The lowest BCUT2D eigenvalue weighted by atomic mass is 10.1. The summed E-state index contributed by atoms with van der Waals surface area (Å²) in [5.41, 5.74) is 6.68. The third kappa shape index (κ3) is 3.20. The number of ether oxygens (including phenoxy) is 1. The molecule has 0 atom stereocenters. The Labute approximate surface area is 101 Å². The van der Waals surface area contributed by atoms with Gasteiger partial charge in [0.15, 0.2) is 0 Å². The van der Waals surface area contributed by atoms with Crippen molar-refractivity contribution in [2.45, 2.75) is 11.3 Å². The van der Waals surface area contributed by atoms with Crippen LogP contribution in [-0.2, 0) is 21.1 Å². The van der Waals surface area contributed by atoms with Gasteiger partial charge in [-0.2, -0.15) is 0 Å². The number of nitrogen functional groups attached to an aromatic ring is 1. The topological polar surface area (TPSA) is 89.6 Å². The molecule has 0 heterocycles. The smallest absolute Gasteiger partial charge is 0.307 e. The molecule has 0 aliphatic heterocycles. The number of hydrogen-bond donors (Lipinski definition) is 3. The first-order valence-corrected chi connectivity index (χ1v) is 7.59. The van der Waals surface area contributed by atoms with Crippen LogP contribution in [0.25, 0.3) is 0 Å². The maximum atomic E-state index is 12.1. The lowest BCUT2D eigenvalue weighted by molar-refractivity contribution is -0.136. The monoisotopic (exact) mass is 259 g/mol. The number of nitrogens with two attached hydrogens (primary N) is 1. The predicted octanol–water partition coefficient (Wildman–Crippen LogP) is 0.540. The standard InChI is InChI=1S/C11H17NO4S/c1-16-8-4-7(6-10(13)14)5-9(11(8)12)17(2,3)15/h4-5,17H,6,12H2,1-3H3,(H,13,14). The summed E-state index contributed by atoms with van der Waals surface area (Å²) in [6, 6.07) is 3.13. The van der Waals surface area contributed by atoms with Crippen molar-refractivity contribution in [1.29, 1.82) is 0 Å². The fourth-order valence-corrected chi connectivity index (χ4v) is 2.73. The SMILES string of the molecule is COc1cc(CC(=O)O)cc([SH](C)(C)=O)c1N. The normalized spacial score (nSPS) is 12.2. The Hall–Kier alpha value is -1.56. The van der Waals surface area contributed by atoms with E-state index in [9.17, 15) is 9.00 Å². The summed E-state index contributed by atoms with van der Waals surface area (Å²) in [6.07, 6.45) is 3.02. The maximum absolute atomic E-state index is 12.1. The fraction of sp³-hybridized carbons (Fsp3) is 0.364. The predicted molar refractivity (Wildman–Crippen MR) is 68.4 cm³/mol. The van der Waals surface area contributed by atoms with Crippen molar-refractivity contribution < 1.29 is 18.8 Å². The van der Waals surface area contributed by atoms with Crippen LogP contribution in [-0.4, -0.2) is 34.9 Å². The number of rotatable bonds is 4. The minimum atomic E-state index is -2.56. The first-order chi connectivity index (χ1) is 7.75. The molecular weight excluding hydrogens is 242 g/mol. The Bertz CT molecular complexity index is 492. The number of thiol groups is 1. The first kappa shape index (κ1) is 13.5. The van der Waals surface area contributed by atoms with Gasteiger partial charge in [-0.1, -0.05) is 9.93 Å². The molecular formula is C11H17NO4S. The Kier molecular flexibility index (Phi) is 3.77. The van der Waals surface area contributed by atoms with Gasteiger partial charge in [0.1, 0.15) is 5.75 Å². The third-order valence-corrected chi connectivity index (χ3v) is 3.87. The fourth-order valence-electron chi connectivity index (χ4n) is 1.56. The highest BCUT2D eigenvalue weighted by atomic mass is 32.2. The van der Waals surface area contributed by atoms with E-state index in [1.807, 2.05) is 0 Å². The van der Waals surface area contributed by atoms with Crippen LogP contribution in [0.5, 0.6) is 5.75 Å². The molecule has 0 aromatic heterocycles. The molecule has 6 heteroatoms. The average Bonchev–Trinajstić information content (AvgIpc) is 2.17. The Morgan fingerprint density at radius 2 is 2.06 bits per heavy atom. The van der Waals surface area contributed by atoms with E-state index < -0.39 is 15.9 Å². The first-order valence-electron chi connectivity index (χ1n) is 4.99. The molecule has 1 rings (SSSR count). The Morgan fingerprint density at radius 1 is 1.47 bits per heavy atom. The van der Waals surface area contributed by atoms with E-state index in [0.717, 1.165) is 0 Å². The van der Waals surface area contributed by atoms with E-state index in [4.69, 9.17) is 15.6 Å². The summed E-state index contributed by atoms with van der Waals surface area (Å²) in [5.74, 6) is -0.590. The zero-order valence-corrected chi connectivity index (χ0v) is 11.0. The number of benzene rings is 1. The zero-order chi connectivity index (χ0) is 13.2. The third-order valence-electron chi connectivity index (χ3n) is 2.34. The number of carbonyl (C=O) groups is 1. The quantitative estimate of drug-likeness (QED) is 0.542. The summed E-state index contributed by atoms with van der Waals surface area (Å²) >= 11 is 0. The van der Waals surface area contributed by atoms with E-state index in [0.29, 0.717) is 21.9 Å². The van der Waals surface area contributed by atoms with Crippen LogP contribution in [0.15, 0.2) is 17.0 Å². The van der Waals surface area contributed by atoms with Gasteiger partial charge >= 0.3 is 5.97 Å². The van der Waals surface area contributed by atoms with Crippen molar-refractivity contribution in [1.82, 2.24) is 0 Å². The summed E-state index contributed by atoms with van der Waals surface area (Å²) in [4.78, 5) is 11.1. The second kappa shape index (κ2) is 4.75. The van der Waals surface area contributed by atoms with Crippen molar-refractivity contribution in [3.05, 3.63) is 17.7 Å². The van der Waals surface area contributed by atoms with E-state index >= 15 is 0 Å². The highest BCUT2D eigenvalue weighted by molar-refractivity contribution is 8.01. The summed E-state index contributed by atoms with van der Waals surface area (Å²) in [5, 5.41) is 8.75. The summed E-state index contributed by atoms with van der Waals surface area (Å²) < 4.78 is 17.1. The number of carboxylic acid groups (broad SMARTS) is 1. The molecule has 0 aliphatic rings. The maximum Gasteiger partial charge on any atom is 0.307 e. The van der Waals surface area contributed by atoms with Gasteiger partial charge in [0, 0.05) is 4.90 Å². The van der Waals surface area contributed by atoms with Gasteiger partial charge in [0.05, 0.1) is 19.2 Å². The van der Waals surface area contributed by atoms with E-state index in [1.165, 1.54) is 7.11 Å². The van der Waals surface area contributed by atoms with E-state index in [-0.39, 0.29) is 6.42 Å². The molecule has 5 nitrogen and oxygen atoms in total. The molecule has 0 saturated heterocycles. The van der Waals surface area contributed by atoms with Crippen LogP contribution in [0.2, 0.25) is 0 Å². The van der Waals surface area contributed by atoms with Crippen molar-refractivity contribution in [3.63, 3.8) is 0 Å². The molecule has 0 aliphatic carbocycles. The van der Waals surface area contributed by atoms with Gasteiger partial charge in [0.25, 0.3) is 0 Å². The van der Waals surface area contributed by atoms with Crippen LogP contribution >= 0.6 is 0 Å². The molecule has 0 amide bonds. The Morgan fingerprint density at radius 3 is 2.47 bits per heavy atom. The number of methoxy groups -OCH3 is 1. The van der Waals surface area contributed by atoms with Gasteiger partial charge in [-0.25, -0.2) is 0 Å². The van der Waals surface area contributed by atoms with Crippen molar-refractivity contribution >= 4 is 21.6 Å². The van der Waals surface area contributed by atoms with Crippen LogP contribution in [0.3, 0.4) is 0 Å². The molecule has 0 radical (unpaired) electrons. The van der Waals surface area contributed by atoms with Crippen molar-refractivity contribution in [3.8, 4) is 5.75 Å². The zero-order valence-electron chi connectivity index (χ0n) is 10.1. The van der Waals surface area contributed by atoms with Crippen molar-refractivity contribution in [2.24, 2.45) is 0 Å². The van der Waals surface area contributed by atoms with Gasteiger partial charge in [-0.15, -0.1) is 0 Å². The molecule has 96 valence electrons. The lowest BCUT2D eigenvalue weighted by Gasteiger charge is -2.18. The number of aliphatic carboxylic acids is 1. The van der Waals surface area contributed by atoms with Crippen LogP contribution in [0, 0.1) is 0 Å². The molecule has 1 aromatic carbocycles. The highest BCUT2D eigenvalue weighted by Crippen LogP contribution is 2.32. The molecule has 17 heavy (non-hydrogen) atoms.